The number of anilines is 1. The zero-order chi connectivity index (χ0) is 14.5. The molecule has 0 amide bonds. The van der Waals surface area contributed by atoms with Crippen LogP contribution in [0.15, 0.2) is 51.4 Å². The van der Waals surface area contributed by atoms with Crippen molar-refractivity contribution in [2.75, 3.05) is 12.4 Å². The van der Waals surface area contributed by atoms with Gasteiger partial charge in [0.05, 0.1) is 13.2 Å². The zero-order valence-electron chi connectivity index (χ0n) is 10.7. The number of methoxy groups -OCH3 is 1. The van der Waals surface area contributed by atoms with E-state index in [9.17, 15) is 5.26 Å². The van der Waals surface area contributed by atoms with Gasteiger partial charge in [-0.2, -0.15) is 5.26 Å². The Bertz CT molecular complexity index is 653. The SMILES string of the molecule is COc1ccc(Br)cc1C(C#N)Nc1ccccc1Br. The Morgan fingerprint density at radius 1 is 1.20 bits per heavy atom. The first kappa shape index (κ1) is 14.9. The lowest BCUT2D eigenvalue weighted by Crippen LogP contribution is -2.10. The van der Waals surface area contributed by atoms with Gasteiger partial charge in [-0.1, -0.05) is 28.1 Å². The molecule has 1 N–H and O–H groups in total. The minimum atomic E-state index is -0.499. The van der Waals surface area contributed by atoms with E-state index >= 15 is 0 Å². The minimum Gasteiger partial charge on any atom is -0.496 e. The number of nitrogens with one attached hydrogen (secondary N) is 1. The fraction of sp³-hybridized carbons (Fsp3) is 0.133. The molecule has 0 aromatic heterocycles. The average molecular weight is 396 g/mol. The number of halogens is 2. The molecule has 0 radical (unpaired) electrons. The standard InChI is InChI=1S/C15H12Br2N2O/c1-20-15-7-6-10(16)8-11(15)14(9-18)19-13-5-3-2-4-12(13)17/h2-8,14,19H,1H3. The van der Waals surface area contributed by atoms with Gasteiger partial charge in [-0.25, -0.2) is 0 Å². The van der Waals surface area contributed by atoms with E-state index in [0.29, 0.717) is 5.75 Å². The molecule has 0 aliphatic carbocycles. The maximum absolute atomic E-state index is 9.44. The monoisotopic (exact) mass is 394 g/mol. The van der Waals surface area contributed by atoms with Gasteiger partial charge in [0, 0.05) is 20.2 Å². The lowest BCUT2D eigenvalue weighted by Gasteiger charge is -2.17. The third-order valence-electron chi connectivity index (χ3n) is 2.81. The lowest BCUT2D eigenvalue weighted by molar-refractivity contribution is 0.409. The van der Waals surface area contributed by atoms with Gasteiger partial charge in [0.25, 0.3) is 0 Å². The fourth-order valence-electron chi connectivity index (χ4n) is 1.84. The van der Waals surface area contributed by atoms with Crippen molar-refractivity contribution in [1.82, 2.24) is 0 Å². The summed E-state index contributed by atoms with van der Waals surface area (Å²) in [5, 5.41) is 12.7. The molecule has 5 heteroatoms. The van der Waals surface area contributed by atoms with Crippen LogP contribution in [0.1, 0.15) is 11.6 Å². The maximum atomic E-state index is 9.44. The molecule has 3 nitrogen and oxygen atoms in total. The van der Waals surface area contributed by atoms with Crippen LogP contribution in [-0.2, 0) is 0 Å². The van der Waals surface area contributed by atoms with E-state index in [1.54, 1.807) is 7.11 Å². The summed E-state index contributed by atoms with van der Waals surface area (Å²) >= 11 is 6.89. The van der Waals surface area contributed by atoms with Gasteiger partial charge in [-0.05, 0) is 46.3 Å². The van der Waals surface area contributed by atoms with Crippen molar-refractivity contribution in [1.29, 1.82) is 5.26 Å². The quantitative estimate of drug-likeness (QED) is 0.800. The summed E-state index contributed by atoms with van der Waals surface area (Å²) in [6, 6.07) is 15.1. The first-order valence-corrected chi connectivity index (χ1v) is 7.48. The molecule has 0 saturated heterocycles. The van der Waals surface area contributed by atoms with Crippen LogP contribution in [0.2, 0.25) is 0 Å². The van der Waals surface area contributed by atoms with Crippen LogP contribution in [0, 0.1) is 11.3 Å². The summed E-state index contributed by atoms with van der Waals surface area (Å²) < 4.78 is 7.14. The highest BCUT2D eigenvalue weighted by atomic mass is 79.9. The van der Waals surface area contributed by atoms with Crippen molar-refractivity contribution in [3.63, 3.8) is 0 Å². The van der Waals surface area contributed by atoms with Crippen molar-refractivity contribution in [3.05, 3.63) is 57.0 Å². The molecule has 0 aliphatic rings. The van der Waals surface area contributed by atoms with E-state index < -0.39 is 6.04 Å². The molecule has 0 fully saturated rings. The Hall–Kier alpha value is -1.51. The Morgan fingerprint density at radius 2 is 1.95 bits per heavy atom. The Morgan fingerprint density at radius 3 is 2.60 bits per heavy atom. The topological polar surface area (TPSA) is 45.0 Å². The van der Waals surface area contributed by atoms with E-state index in [1.807, 2.05) is 42.5 Å². The number of hydrogen-bond acceptors (Lipinski definition) is 3. The molecular weight excluding hydrogens is 384 g/mol. The summed E-state index contributed by atoms with van der Waals surface area (Å²) in [6.45, 7) is 0. The van der Waals surface area contributed by atoms with E-state index in [-0.39, 0.29) is 0 Å². The molecule has 20 heavy (non-hydrogen) atoms. The Kier molecular flexibility index (Phi) is 5.05. The summed E-state index contributed by atoms with van der Waals surface area (Å²) in [7, 11) is 1.60. The number of ether oxygens (including phenoxy) is 1. The van der Waals surface area contributed by atoms with Crippen molar-refractivity contribution < 1.29 is 4.74 Å². The van der Waals surface area contributed by atoms with Gasteiger partial charge in [0.2, 0.25) is 0 Å². The molecule has 2 aromatic rings. The molecule has 102 valence electrons. The van der Waals surface area contributed by atoms with Gasteiger partial charge < -0.3 is 10.1 Å². The highest BCUT2D eigenvalue weighted by Gasteiger charge is 2.16. The first-order chi connectivity index (χ1) is 9.65. The van der Waals surface area contributed by atoms with Gasteiger partial charge in [0.1, 0.15) is 11.8 Å². The molecule has 0 saturated carbocycles. The molecule has 2 rings (SSSR count). The number of rotatable bonds is 4. The van der Waals surface area contributed by atoms with Crippen molar-refractivity contribution in [3.8, 4) is 11.8 Å². The van der Waals surface area contributed by atoms with Crippen molar-refractivity contribution in [2.24, 2.45) is 0 Å². The largest absolute Gasteiger partial charge is 0.496 e. The van der Waals surface area contributed by atoms with Gasteiger partial charge in [-0.15, -0.1) is 0 Å². The molecule has 0 spiro atoms. The molecule has 1 atom stereocenters. The van der Waals surface area contributed by atoms with Crippen LogP contribution in [-0.4, -0.2) is 7.11 Å². The third-order valence-corrected chi connectivity index (χ3v) is 3.99. The molecule has 1 unspecified atom stereocenters. The molecule has 0 heterocycles. The number of benzene rings is 2. The van der Waals surface area contributed by atoms with Crippen LogP contribution in [0.4, 0.5) is 5.69 Å². The van der Waals surface area contributed by atoms with Crippen LogP contribution in [0.3, 0.4) is 0 Å². The van der Waals surface area contributed by atoms with Crippen LogP contribution in [0.5, 0.6) is 5.75 Å². The smallest absolute Gasteiger partial charge is 0.143 e. The van der Waals surface area contributed by atoms with E-state index in [4.69, 9.17) is 4.74 Å². The molecule has 0 aliphatic heterocycles. The van der Waals surface area contributed by atoms with Crippen molar-refractivity contribution >= 4 is 37.5 Å². The van der Waals surface area contributed by atoms with E-state index in [0.717, 1.165) is 20.2 Å². The second kappa shape index (κ2) is 6.78. The van der Waals surface area contributed by atoms with Crippen LogP contribution < -0.4 is 10.1 Å². The lowest BCUT2D eigenvalue weighted by atomic mass is 10.1. The van der Waals surface area contributed by atoms with Crippen molar-refractivity contribution in [2.45, 2.75) is 6.04 Å². The predicted octanol–water partition coefficient (Wildman–Crippen LogP) is 4.90. The highest BCUT2D eigenvalue weighted by molar-refractivity contribution is 9.10. The van der Waals surface area contributed by atoms with Gasteiger partial charge in [-0.3, -0.25) is 0 Å². The summed E-state index contributed by atoms with van der Waals surface area (Å²) in [4.78, 5) is 0. The summed E-state index contributed by atoms with van der Waals surface area (Å²) in [5.74, 6) is 0.680. The second-order valence-electron chi connectivity index (χ2n) is 4.07. The number of para-hydroxylation sites is 1. The van der Waals surface area contributed by atoms with E-state index in [1.165, 1.54) is 0 Å². The average Bonchev–Trinajstić information content (AvgIpc) is 2.46. The minimum absolute atomic E-state index is 0.499. The number of nitrogens with zero attached hydrogens (tertiary/aromatic N) is 1. The van der Waals surface area contributed by atoms with E-state index in [2.05, 4.69) is 43.2 Å². The molecule has 0 bridgehead atoms. The fourth-order valence-corrected chi connectivity index (χ4v) is 2.62. The maximum Gasteiger partial charge on any atom is 0.143 e. The third kappa shape index (κ3) is 3.33. The first-order valence-electron chi connectivity index (χ1n) is 5.90. The predicted molar refractivity (Wildman–Crippen MR) is 86.8 cm³/mol. The molecule has 2 aromatic carbocycles. The van der Waals surface area contributed by atoms with Crippen LogP contribution in [0.25, 0.3) is 0 Å². The number of nitriles is 1. The molecular formula is C15H12Br2N2O. The second-order valence-corrected chi connectivity index (χ2v) is 5.84. The van der Waals surface area contributed by atoms with Gasteiger partial charge >= 0.3 is 0 Å². The summed E-state index contributed by atoms with van der Waals surface area (Å²) in [6.07, 6.45) is 0. The zero-order valence-corrected chi connectivity index (χ0v) is 13.9. The van der Waals surface area contributed by atoms with Crippen LogP contribution >= 0.6 is 31.9 Å². The summed E-state index contributed by atoms with van der Waals surface area (Å²) in [5.41, 5.74) is 1.65. The Labute approximate surface area is 134 Å². The Balaban J connectivity index is 2.37. The van der Waals surface area contributed by atoms with Gasteiger partial charge in [0.15, 0.2) is 0 Å². The normalized spacial score (nSPS) is 11.5. The highest BCUT2D eigenvalue weighted by Crippen LogP contribution is 2.32. The number of hydrogen-bond donors (Lipinski definition) is 1.